The quantitative estimate of drug-likeness (QED) is 0.552. The maximum atomic E-state index is 11.3. The molecule has 2 N–H and O–H groups in total. The van der Waals surface area contributed by atoms with Gasteiger partial charge in [-0.3, -0.25) is 10.1 Å². The number of nitrogens with one attached hydrogen (secondary N) is 2. The summed E-state index contributed by atoms with van der Waals surface area (Å²) in [5.74, 6) is -0.383. The lowest BCUT2D eigenvalue weighted by Gasteiger charge is -2.02. The van der Waals surface area contributed by atoms with Gasteiger partial charge >= 0.3 is 6.03 Å². The molecule has 1 aromatic carbocycles. The zero-order chi connectivity index (χ0) is 11.7. The molecule has 3 amide bonds. The molecule has 0 atom stereocenters. The summed E-state index contributed by atoms with van der Waals surface area (Å²) in [6.45, 7) is 3.94. The second-order valence-electron chi connectivity index (χ2n) is 3.83. The van der Waals surface area contributed by atoms with Gasteiger partial charge in [-0.15, -0.1) is 0 Å². The standard InChI is InChI=1S/C12H12N2O2/c1-7-3-4-8(2)9(5-7)6-10-11(15)14-12(16)13-10/h3-6H,1-2H3,(H2,13,14,15,16)/b10-6-. The molecule has 4 heteroatoms. The molecule has 0 aliphatic carbocycles. The second-order valence-corrected chi connectivity index (χ2v) is 3.83. The van der Waals surface area contributed by atoms with Crippen LogP contribution in [-0.2, 0) is 4.79 Å². The monoisotopic (exact) mass is 216 g/mol. The van der Waals surface area contributed by atoms with E-state index in [0.29, 0.717) is 5.70 Å². The minimum Gasteiger partial charge on any atom is -0.303 e. The maximum Gasteiger partial charge on any atom is 0.326 e. The number of aryl methyl sites for hydroxylation is 2. The number of benzene rings is 1. The first-order valence-corrected chi connectivity index (χ1v) is 4.97. The fourth-order valence-corrected chi connectivity index (χ4v) is 1.55. The average Bonchev–Trinajstić information content (AvgIpc) is 2.51. The lowest BCUT2D eigenvalue weighted by atomic mass is 10.0. The highest BCUT2D eigenvalue weighted by Crippen LogP contribution is 2.14. The van der Waals surface area contributed by atoms with E-state index in [4.69, 9.17) is 0 Å². The van der Waals surface area contributed by atoms with Gasteiger partial charge in [-0.2, -0.15) is 0 Å². The van der Waals surface area contributed by atoms with E-state index >= 15 is 0 Å². The maximum absolute atomic E-state index is 11.3. The van der Waals surface area contributed by atoms with Gasteiger partial charge in [0, 0.05) is 0 Å². The van der Waals surface area contributed by atoms with E-state index in [1.54, 1.807) is 6.08 Å². The summed E-state index contributed by atoms with van der Waals surface area (Å²) in [5.41, 5.74) is 3.40. The van der Waals surface area contributed by atoms with Gasteiger partial charge in [0.25, 0.3) is 5.91 Å². The molecule has 0 aromatic heterocycles. The number of imide groups is 1. The van der Waals surface area contributed by atoms with Gasteiger partial charge < -0.3 is 5.32 Å². The van der Waals surface area contributed by atoms with Crippen molar-refractivity contribution in [2.24, 2.45) is 0 Å². The Balaban J connectivity index is 2.39. The number of carbonyl (C=O) groups is 2. The van der Waals surface area contributed by atoms with Crippen LogP contribution in [0.3, 0.4) is 0 Å². The van der Waals surface area contributed by atoms with Crippen LogP contribution in [-0.4, -0.2) is 11.9 Å². The van der Waals surface area contributed by atoms with Gasteiger partial charge in [-0.1, -0.05) is 23.8 Å². The van der Waals surface area contributed by atoms with Crippen LogP contribution >= 0.6 is 0 Å². The van der Waals surface area contributed by atoms with E-state index in [2.05, 4.69) is 10.6 Å². The van der Waals surface area contributed by atoms with Gasteiger partial charge in [0.15, 0.2) is 0 Å². The molecule has 0 spiro atoms. The summed E-state index contributed by atoms with van der Waals surface area (Å²) in [6.07, 6.45) is 1.68. The van der Waals surface area contributed by atoms with Crippen molar-refractivity contribution in [3.63, 3.8) is 0 Å². The SMILES string of the molecule is Cc1ccc(C)c(/C=C2\NC(=O)NC2=O)c1. The van der Waals surface area contributed by atoms with Crippen molar-refractivity contribution in [2.45, 2.75) is 13.8 Å². The summed E-state index contributed by atoms with van der Waals surface area (Å²) < 4.78 is 0. The number of amides is 3. The van der Waals surface area contributed by atoms with Crippen LogP contribution in [0, 0.1) is 13.8 Å². The van der Waals surface area contributed by atoms with Crippen molar-refractivity contribution in [2.75, 3.05) is 0 Å². The Kier molecular flexibility index (Phi) is 2.48. The highest BCUT2D eigenvalue weighted by Gasteiger charge is 2.22. The molecule has 16 heavy (non-hydrogen) atoms. The lowest BCUT2D eigenvalue weighted by molar-refractivity contribution is -0.115. The van der Waals surface area contributed by atoms with Crippen molar-refractivity contribution >= 4 is 18.0 Å². The molecule has 1 heterocycles. The predicted molar refractivity (Wildman–Crippen MR) is 60.6 cm³/mol. The lowest BCUT2D eigenvalue weighted by Crippen LogP contribution is -2.22. The first kappa shape index (κ1) is 10.4. The molecule has 82 valence electrons. The van der Waals surface area contributed by atoms with Crippen molar-refractivity contribution in [3.8, 4) is 0 Å². The van der Waals surface area contributed by atoms with E-state index in [0.717, 1.165) is 16.7 Å². The van der Waals surface area contributed by atoms with Crippen LogP contribution in [0.5, 0.6) is 0 Å². The summed E-state index contributed by atoms with van der Waals surface area (Å²) in [6, 6.07) is 5.49. The zero-order valence-corrected chi connectivity index (χ0v) is 9.13. The van der Waals surface area contributed by atoms with E-state index in [1.165, 1.54) is 0 Å². The largest absolute Gasteiger partial charge is 0.326 e. The molecule has 1 aliphatic heterocycles. The van der Waals surface area contributed by atoms with Crippen molar-refractivity contribution in [1.82, 2.24) is 10.6 Å². The molecule has 2 rings (SSSR count). The van der Waals surface area contributed by atoms with E-state index in [9.17, 15) is 9.59 Å². The fraction of sp³-hybridized carbons (Fsp3) is 0.167. The van der Waals surface area contributed by atoms with E-state index < -0.39 is 6.03 Å². The molecular formula is C12H12N2O2. The predicted octanol–water partition coefficient (Wildman–Crippen LogP) is 1.48. The fourth-order valence-electron chi connectivity index (χ4n) is 1.55. The first-order valence-electron chi connectivity index (χ1n) is 4.97. The highest BCUT2D eigenvalue weighted by molar-refractivity contribution is 6.14. The van der Waals surface area contributed by atoms with Crippen molar-refractivity contribution in [1.29, 1.82) is 0 Å². The van der Waals surface area contributed by atoms with Crippen molar-refractivity contribution in [3.05, 3.63) is 40.6 Å². The van der Waals surface area contributed by atoms with Crippen LogP contribution in [0.1, 0.15) is 16.7 Å². The number of hydrogen-bond donors (Lipinski definition) is 2. The van der Waals surface area contributed by atoms with Crippen molar-refractivity contribution < 1.29 is 9.59 Å². The molecular weight excluding hydrogens is 204 g/mol. The Morgan fingerprint density at radius 1 is 1.12 bits per heavy atom. The Morgan fingerprint density at radius 3 is 2.50 bits per heavy atom. The molecule has 1 fully saturated rings. The molecule has 0 radical (unpaired) electrons. The average molecular weight is 216 g/mol. The van der Waals surface area contributed by atoms with Crippen LogP contribution in [0.15, 0.2) is 23.9 Å². The third kappa shape index (κ3) is 1.95. The number of rotatable bonds is 1. The van der Waals surface area contributed by atoms with Crippen LogP contribution in [0.25, 0.3) is 6.08 Å². The Labute approximate surface area is 93.3 Å². The topological polar surface area (TPSA) is 58.2 Å². The minimum atomic E-state index is -0.471. The second kappa shape index (κ2) is 3.81. The normalized spacial score (nSPS) is 17.5. The molecule has 1 saturated heterocycles. The Bertz CT molecular complexity index is 504. The third-order valence-electron chi connectivity index (χ3n) is 2.45. The molecule has 0 unspecified atom stereocenters. The van der Waals surface area contributed by atoms with Crippen LogP contribution < -0.4 is 10.6 Å². The summed E-state index contributed by atoms with van der Waals surface area (Å²) in [7, 11) is 0. The van der Waals surface area contributed by atoms with Crippen LogP contribution in [0.4, 0.5) is 4.79 Å². The smallest absolute Gasteiger partial charge is 0.303 e. The van der Waals surface area contributed by atoms with E-state index in [1.807, 2.05) is 32.0 Å². The molecule has 1 aromatic rings. The molecule has 4 nitrogen and oxygen atoms in total. The van der Waals surface area contributed by atoms with Gasteiger partial charge in [-0.25, -0.2) is 4.79 Å². The molecule has 1 aliphatic rings. The Morgan fingerprint density at radius 2 is 1.88 bits per heavy atom. The van der Waals surface area contributed by atoms with Gasteiger partial charge in [0.1, 0.15) is 5.70 Å². The van der Waals surface area contributed by atoms with Gasteiger partial charge in [-0.05, 0) is 31.1 Å². The summed E-state index contributed by atoms with van der Waals surface area (Å²) in [5, 5.41) is 4.62. The zero-order valence-electron chi connectivity index (χ0n) is 9.13. The van der Waals surface area contributed by atoms with E-state index in [-0.39, 0.29) is 5.91 Å². The number of carbonyl (C=O) groups excluding carboxylic acids is 2. The number of hydrogen-bond acceptors (Lipinski definition) is 2. The first-order chi connectivity index (χ1) is 7.56. The molecule has 0 bridgehead atoms. The Hall–Kier alpha value is -2.10. The van der Waals surface area contributed by atoms with Gasteiger partial charge in [0.05, 0.1) is 0 Å². The third-order valence-corrected chi connectivity index (χ3v) is 2.45. The number of urea groups is 1. The van der Waals surface area contributed by atoms with Crippen LogP contribution in [0.2, 0.25) is 0 Å². The minimum absolute atomic E-state index is 0.290. The molecule has 0 saturated carbocycles. The van der Waals surface area contributed by atoms with Gasteiger partial charge in [0.2, 0.25) is 0 Å². The highest BCUT2D eigenvalue weighted by atomic mass is 16.2. The summed E-state index contributed by atoms with van der Waals surface area (Å²) >= 11 is 0. The summed E-state index contributed by atoms with van der Waals surface area (Å²) in [4.78, 5) is 22.2.